The summed E-state index contributed by atoms with van der Waals surface area (Å²) in [5.74, 6) is 0. The Morgan fingerprint density at radius 3 is 3.06 bits per heavy atom. The Balaban J connectivity index is 2.02. The zero-order chi connectivity index (χ0) is 12.3. The third-order valence-corrected chi connectivity index (χ3v) is 4.54. The Labute approximate surface area is 116 Å². The summed E-state index contributed by atoms with van der Waals surface area (Å²) in [5, 5.41) is 4.07. The molecule has 1 aromatic carbocycles. The molecule has 17 heavy (non-hydrogen) atoms. The van der Waals surface area contributed by atoms with Crippen LogP contribution in [0.3, 0.4) is 0 Å². The number of rotatable bonds is 4. The predicted molar refractivity (Wildman–Crippen MR) is 76.5 cm³/mol. The molecule has 1 aromatic rings. The lowest BCUT2D eigenvalue weighted by molar-refractivity contribution is 0.242. The molecule has 94 valence electrons. The number of likely N-dealkylation sites (tertiary alicyclic amines) is 1. The normalized spacial score (nSPS) is 21.0. The van der Waals surface area contributed by atoms with Crippen molar-refractivity contribution in [3.63, 3.8) is 0 Å². The smallest absolute Gasteiger partial charge is 0.0551 e. The second-order valence-electron chi connectivity index (χ2n) is 4.57. The lowest BCUT2D eigenvalue weighted by atomic mass is 10.2. The third-order valence-electron chi connectivity index (χ3n) is 3.31. The number of benzene rings is 1. The van der Waals surface area contributed by atoms with Gasteiger partial charge in [-0.25, -0.2) is 0 Å². The van der Waals surface area contributed by atoms with Crippen LogP contribution in [0.15, 0.2) is 22.7 Å². The summed E-state index contributed by atoms with van der Waals surface area (Å²) in [7, 11) is 2.02. The van der Waals surface area contributed by atoms with Gasteiger partial charge in [-0.1, -0.05) is 17.7 Å². The van der Waals surface area contributed by atoms with Crippen molar-refractivity contribution in [2.75, 3.05) is 20.1 Å². The highest BCUT2D eigenvalue weighted by atomic mass is 79.9. The second kappa shape index (κ2) is 6.19. The average molecular weight is 318 g/mol. The highest BCUT2D eigenvalue weighted by molar-refractivity contribution is 9.10. The van der Waals surface area contributed by atoms with Crippen LogP contribution >= 0.6 is 27.5 Å². The monoisotopic (exact) mass is 316 g/mol. The fourth-order valence-corrected chi connectivity index (χ4v) is 2.89. The molecule has 4 heteroatoms. The zero-order valence-corrected chi connectivity index (χ0v) is 12.4. The summed E-state index contributed by atoms with van der Waals surface area (Å²) in [6, 6.07) is 6.90. The van der Waals surface area contributed by atoms with Crippen LogP contribution in [0.2, 0.25) is 5.02 Å². The van der Waals surface area contributed by atoms with Crippen molar-refractivity contribution < 1.29 is 0 Å². The fourth-order valence-electron chi connectivity index (χ4n) is 2.44. The van der Waals surface area contributed by atoms with Gasteiger partial charge in [0.05, 0.1) is 5.02 Å². The van der Waals surface area contributed by atoms with Crippen LogP contribution in [0.25, 0.3) is 0 Å². The molecule has 2 rings (SSSR count). The largest absolute Gasteiger partial charge is 0.318 e. The number of nitrogens with one attached hydrogen (secondary N) is 1. The van der Waals surface area contributed by atoms with Crippen LogP contribution in [0.1, 0.15) is 18.4 Å². The van der Waals surface area contributed by atoms with E-state index in [0.717, 1.165) is 22.6 Å². The lowest BCUT2D eigenvalue weighted by Gasteiger charge is -2.24. The first-order chi connectivity index (χ1) is 8.20. The maximum absolute atomic E-state index is 6.12. The van der Waals surface area contributed by atoms with E-state index in [-0.39, 0.29) is 0 Å². The molecule has 1 saturated heterocycles. The molecular formula is C13H18BrClN2. The van der Waals surface area contributed by atoms with Crippen LogP contribution in [-0.2, 0) is 6.54 Å². The van der Waals surface area contributed by atoms with Gasteiger partial charge in [-0.2, -0.15) is 0 Å². The van der Waals surface area contributed by atoms with Crippen molar-refractivity contribution in [1.29, 1.82) is 0 Å². The van der Waals surface area contributed by atoms with Gasteiger partial charge in [0.2, 0.25) is 0 Å². The average Bonchev–Trinajstić information content (AvgIpc) is 2.72. The minimum atomic E-state index is 0.669. The first-order valence-corrected chi connectivity index (χ1v) is 7.20. The van der Waals surface area contributed by atoms with Gasteiger partial charge in [-0.05, 0) is 60.1 Å². The van der Waals surface area contributed by atoms with Crippen molar-refractivity contribution in [2.24, 2.45) is 0 Å². The third kappa shape index (κ3) is 3.44. The molecule has 1 aliphatic heterocycles. The molecule has 0 aromatic heterocycles. The van der Waals surface area contributed by atoms with Crippen molar-refractivity contribution in [3.8, 4) is 0 Å². The molecule has 0 spiro atoms. The van der Waals surface area contributed by atoms with E-state index in [1.165, 1.54) is 24.9 Å². The SMILES string of the molecule is CNCC1CCCN1Cc1ccc(Br)c(Cl)c1. The molecule has 1 fully saturated rings. The zero-order valence-electron chi connectivity index (χ0n) is 10.0. The van der Waals surface area contributed by atoms with E-state index in [1.807, 2.05) is 13.1 Å². The summed E-state index contributed by atoms with van der Waals surface area (Å²) >= 11 is 9.54. The van der Waals surface area contributed by atoms with Crippen molar-refractivity contribution in [1.82, 2.24) is 10.2 Å². The Hall–Kier alpha value is -0.0900. The fraction of sp³-hybridized carbons (Fsp3) is 0.538. The van der Waals surface area contributed by atoms with Gasteiger partial charge in [-0.15, -0.1) is 0 Å². The van der Waals surface area contributed by atoms with Gasteiger partial charge >= 0.3 is 0 Å². The standard InChI is InChI=1S/C13H18BrClN2/c1-16-8-11-3-2-6-17(11)9-10-4-5-12(14)13(15)7-10/h4-5,7,11,16H,2-3,6,8-9H2,1H3. The topological polar surface area (TPSA) is 15.3 Å². The molecule has 0 amide bonds. The Morgan fingerprint density at radius 2 is 2.35 bits per heavy atom. The molecule has 1 unspecified atom stereocenters. The van der Waals surface area contributed by atoms with Crippen molar-refractivity contribution in [2.45, 2.75) is 25.4 Å². The maximum atomic E-state index is 6.12. The van der Waals surface area contributed by atoms with E-state index in [4.69, 9.17) is 11.6 Å². The van der Waals surface area contributed by atoms with E-state index < -0.39 is 0 Å². The molecule has 0 bridgehead atoms. The molecule has 1 aliphatic rings. The number of halogens is 2. The van der Waals surface area contributed by atoms with E-state index in [0.29, 0.717) is 6.04 Å². The van der Waals surface area contributed by atoms with Crippen molar-refractivity contribution >= 4 is 27.5 Å². The Kier molecular flexibility index (Phi) is 4.86. The van der Waals surface area contributed by atoms with E-state index >= 15 is 0 Å². The van der Waals surface area contributed by atoms with Gasteiger partial charge in [0, 0.05) is 23.6 Å². The highest BCUT2D eigenvalue weighted by Crippen LogP contribution is 2.25. The maximum Gasteiger partial charge on any atom is 0.0551 e. The van der Waals surface area contributed by atoms with Crippen LogP contribution in [0.5, 0.6) is 0 Å². The first kappa shape index (κ1) is 13.3. The van der Waals surface area contributed by atoms with Crippen LogP contribution in [0, 0.1) is 0 Å². The van der Waals surface area contributed by atoms with E-state index in [2.05, 4.69) is 38.3 Å². The summed E-state index contributed by atoms with van der Waals surface area (Å²) in [6.45, 7) is 3.27. The van der Waals surface area contributed by atoms with Gasteiger partial charge in [0.25, 0.3) is 0 Å². The number of likely N-dealkylation sites (N-methyl/N-ethyl adjacent to an activating group) is 1. The molecule has 0 aliphatic carbocycles. The molecule has 0 radical (unpaired) electrons. The first-order valence-electron chi connectivity index (χ1n) is 6.03. The number of nitrogens with zero attached hydrogens (tertiary/aromatic N) is 1. The lowest BCUT2D eigenvalue weighted by Crippen LogP contribution is -2.36. The van der Waals surface area contributed by atoms with E-state index in [9.17, 15) is 0 Å². The van der Waals surface area contributed by atoms with Gasteiger partial charge in [0.1, 0.15) is 0 Å². The van der Waals surface area contributed by atoms with Gasteiger partial charge < -0.3 is 5.32 Å². The van der Waals surface area contributed by atoms with Crippen molar-refractivity contribution in [3.05, 3.63) is 33.3 Å². The number of hydrogen-bond acceptors (Lipinski definition) is 2. The van der Waals surface area contributed by atoms with Gasteiger partial charge in [0.15, 0.2) is 0 Å². The Bertz CT molecular complexity index is 384. The van der Waals surface area contributed by atoms with Crippen LogP contribution in [-0.4, -0.2) is 31.1 Å². The predicted octanol–water partition coefficient (Wildman–Crippen LogP) is 3.29. The van der Waals surface area contributed by atoms with E-state index in [1.54, 1.807) is 0 Å². The summed E-state index contributed by atoms with van der Waals surface area (Å²) in [6.07, 6.45) is 2.60. The molecule has 1 atom stereocenters. The number of hydrogen-bond donors (Lipinski definition) is 1. The molecular weight excluding hydrogens is 300 g/mol. The Morgan fingerprint density at radius 1 is 1.53 bits per heavy atom. The quantitative estimate of drug-likeness (QED) is 0.917. The van der Waals surface area contributed by atoms with Crippen LogP contribution in [0.4, 0.5) is 0 Å². The van der Waals surface area contributed by atoms with Gasteiger partial charge in [-0.3, -0.25) is 4.90 Å². The minimum absolute atomic E-state index is 0.669. The highest BCUT2D eigenvalue weighted by Gasteiger charge is 2.23. The molecule has 1 heterocycles. The summed E-state index contributed by atoms with van der Waals surface area (Å²) in [4.78, 5) is 2.54. The second-order valence-corrected chi connectivity index (χ2v) is 5.83. The minimum Gasteiger partial charge on any atom is -0.318 e. The molecule has 2 nitrogen and oxygen atoms in total. The molecule has 1 N–H and O–H groups in total. The van der Waals surface area contributed by atoms with Crippen LogP contribution < -0.4 is 5.32 Å². The summed E-state index contributed by atoms with van der Waals surface area (Å²) < 4.78 is 0.969. The molecule has 0 saturated carbocycles. The summed E-state index contributed by atoms with van der Waals surface area (Å²) in [5.41, 5.74) is 1.29.